The van der Waals surface area contributed by atoms with Crippen LogP contribution in [0.4, 0.5) is 0 Å². The molecular formula is C16H18N3OS+. The maximum Gasteiger partial charge on any atom is 0.237 e. The van der Waals surface area contributed by atoms with E-state index in [0.717, 1.165) is 25.4 Å². The summed E-state index contributed by atoms with van der Waals surface area (Å²) in [7, 11) is 2.10. The highest BCUT2D eigenvalue weighted by Gasteiger charge is 2.32. The molecule has 108 valence electrons. The first-order chi connectivity index (χ1) is 10.3. The highest BCUT2D eigenvalue weighted by Crippen LogP contribution is 2.39. The van der Waals surface area contributed by atoms with E-state index in [2.05, 4.69) is 52.0 Å². The Morgan fingerprint density at radius 1 is 1.38 bits per heavy atom. The van der Waals surface area contributed by atoms with E-state index in [-0.39, 0.29) is 11.2 Å². The second-order valence-corrected chi connectivity index (χ2v) is 6.83. The maximum atomic E-state index is 12.3. The van der Waals surface area contributed by atoms with Crippen LogP contribution >= 0.6 is 11.8 Å². The minimum atomic E-state index is -0.0948. The predicted molar refractivity (Wildman–Crippen MR) is 86.4 cm³/mol. The fourth-order valence-electron chi connectivity index (χ4n) is 3.27. The molecule has 21 heavy (non-hydrogen) atoms. The van der Waals surface area contributed by atoms with Crippen LogP contribution in [0.1, 0.15) is 16.5 Å². The van der Waals surface area contributed by atoms with Crippen molar-refractivity contribution >= 4 is 34.8 Å². The van der Waals surface area contributed by atoms with Gasteiger partial charge in [-0.15, -0.1) is 11.8 Å². The van der Waals surface area contributed by atoms with Gasteiger partial charge in [0.15, 0.2) is 12.8 Å². The summed E-state index contributed by atoms with van der Waals surface area (Å²) in [5.41, 5.74) is 3.62. The molecular weight excluding hydrogens is 282 g/mol. The lowest BCUT2D eigenvalue weighted by molar-refractivity contribution is -0.496. The zero-order chi connectivity index (χ0) is 14.4. The number of carbonyl (C=O) groups excluding carboxylic acids is 1. The number of nitrogens with one attached hydrogen (secondary N) is 1. The van der Waals surface area contributed by atoms with Crippen molar-refractivity contribution in [1.29, 1.82) is 0 Å². The van der Waals surface area contributed by atoms with Gasteiger partial charge in [0, 0.05) is 28.8 Å². The summed E-state index contributed by atoms with van der Waals surface area (Å²) in [6, 6.07) is 8.44. The van der Waals surface area contributed by atoms with Crippen molar-refractivity contribution in [1.82, 2.24) is 9.88 Å². The smallest absolute Gasteiger partial charge is 0.237 e. The Morgan fingerprint density at radius 3 is 3.10 bits per heavy atom. The average molecular weight is 300 g/mol. The van der Waals surface area contributed by atoms with E-state index in [4.69, 9.17) is 0 Å². The zero-order valence-corrected chi connectivity index (χ0v) is 12.8. The van der Waals surface area contributed by atoms with Gasteiger partial charge < -0.3 is 9.88 Å². The van der Waals surface area contributed by atoms with E-state index in [1.54, 1.807) is 11.8 Å². The van der Waals surface area contributed by atoms with Crippen LogP contribution < -0.4 is 5.32 Å². The summed E-state index contributed by atoms with van der Waals surface area (Å²) in [6.45, 7) is 2.76. The Balaban J connectivity index is 1.99. The molecule has 5 heteroatoms. The quantitative estimate of drug-likeness (QED) is 0.813. The van der Waals surface area contributed by atoms with Crippen LogP contribution in [-0.2, 0) is 11.3 Å². The number of para-hydroxylation sites is 1. The topological polar surface area (TPSA) is 37.0 Å². The second kappa shape index (κ2) is 4.91. The van der Waals surface area contributed by atoms with Crippen molar-refractivity contribution in [2.75, 3.05) is 25.9 Å². The Labute approximate surface area is 127 Å². The number of hydrogen-bond acceptors (Lipinski definition) is 2. The van der Waals surface area contributed by atoms with Gasteiger partial charge in [-0.3, -0.25) is 4.79 Å². The molecule has 1 atom stereocenters. The lowest BCUT2D eigenvalue weighted by atomic mass is 10.1. The third kappa shape index (κ3) is 1.99. The van der Waals surface area contributed by atoms with Crippen LogP contribution in [0.25, 0.3) is 10.9 Å². The van der Waals surface area contributed by atoms with Crippen LogP contribution in [0.3, 0.4) is 0 Å². The van der Waals surface area contributed by atoms with E-state index >= 15 is 0 Å². The molecule has 1 saturated heterocycles. The largest absolute Gasteiger partial charge is 0.354 e. The zero-order valence-electron chi connectivity index (χ0n) is 12.0. The number of carbonyl (C=O) groups is 1. The summed E-state index contributed by atoms with van der Waals surface area (Å²) >= 11 is 1.75. The molecule has 2 aromatic rings. The normalized spacial score (nSPS) is 21.9. The third-order valence-electron chi connectivity index (χ3n) is 4.26. The Bertz CT molecular complexity index is 762. The Kier molecular flexibility index (Phi) is 3.03. The van der Waals surface area contributed by atoms with Gasteiger partial charge in [0.25, 0.3) is 0 Å². The fraction of sp³-hybridized carbons (Fsp3) is 0.375. The monoisotopic (exact) mass is 300 g/mol. The number of aromatic nitrogens is 1. The lowest BCUT2D eigenvalue weighted by Gasteiger charge is -2.22. The molecule has 1 aromatic carbocycles. The minimum absolute atomic E-state index is 0.0948. The second-order valence-electron chi connectivity index (χ2n) is 5.62. The number of fused-ring (bicyclic) bond motifs is 3. The molecule has 0 spiro atoms. The third-order valence-corrected chi connectivity index (χ3v) is 5.48. The molecule has 1 fully saturated rings. The van der Waals surface area contributed by atoms with Gasteiger partial charge in [-0.05, 0) is 6.07 Å². The first-order valence-corrected chi connectivity index (χ1v) is 8.36. The number of benzene rings is 1. The van der Waals surface area contributed by atoms with E-state index in [1.165, 1.54) is 22.2 Å². The molecule has 1 N–H and O–H groups in total. The Hall–Kier alpha value is -1.75. The number of rotatable bonds is 1. The number of amides is 1. The average Bonchev–Trinajstić information content (AvgIpc) is 2.81. The van der Waals surface area contributed by atoms with Gasteiger partial charge in [-0.1, -0.05) is 18.2 Å². The SMILES string of the molecule is C[N+]1=Cc2c(C3SCCNC3=O)c3ccccc3n2CC1. The van der Waals surface area contributed by atoms with Crippen LogP contribution in [0, 0.1) is 0 Å². The van der Waals surface area contributed by atoms with E-state index in [9.17, 15) is 4.79 Å². The number of hydrogen-bond donors (Lipinski definition) is 1. The first-order valence-electron chi connectivity index (χ1n) is 7.31. The highest BCUT2D eigenvalue weighted by molar-refractivity contribution is 8.00. The molecule has 0 bridgehead atoms. The van der Waals surface area contributed by atoms with Crippen LogP contribution in [0.15, 0.2) is 24.3 Å². The molecule has 0 radical (unpaired) electrons. The molecule has 1 aromatic heterocycles. The molecule has 2 aliphatic heterocycles. The summed E-state index contributed by atoms with van der Waals surface area (Å²) in [5.74, 6) is 1.12. The highest BCUT2D eigenvalue weighted by atomic mass is 32.2. The van der Waals surface area contributed by atoms with E-state index < -0.39 is 0 Å². The molecule has 4 nitrogen and oxygen atoms in total. The van der Waals surface area contributed by atoms with Crippen molar-refractivity contribution in [3.63, 3.8) is 0 Å². The van der Waals surface area contributed by atoms with Gasteiger partial charge in [0.05, 0.1) is 6.54 Å². The lowest BCUT2D eigenvalue weighted by Crippen LogP contribution is -2.35. The molecule has 2 aliphatic rings. The van der Waals surface area contributed by atoms with E-state index in [0.29, 0.717) is 0 Å². The van der Waals surface area contributed by atoms with Crippen molar-refractivity contribution in [2.24, 2.45) is 0 Å². The summed E-state index contributed by atoms with van der Waals surface area (Å²) in [5, 5.41) is 4.13. The van der Waals surface area contributed by atoms with Gasteiger partial charge in [-0.2, -0.15) is 0 Å². The molecule has 0 aliphatic carbocycles. The summed E-state index contributed by atoms with van der Waals surface area (Å²) < 4.78 is 4.57. The maximum absolute atomic E-state index is 12.3. The fourth-order valence-corrected chi connectivity index (χ4v) is 4.38. The molecule has 0 saturated carbocycles. The molecule has 1 amide bonds. The Morgan fingerprint density at radius 2 is 2.24 bits per heavy atom. The summed E-state index contributed by atoms with van der Waals surface area (Å²) in [4.78, 5) is 12.3. The minimum Gasteiger partial charge on any atom is -0.354 e. The van der Waals surface area contributed by atoms with E-state index in [1.807, 2.05) is 0 Å². The first kappa shape index (κ1) is 13.0. The van der Waals surface area contributed by atoms with Gasteiger partial charge in [0.1, 0.15) is 18.0 Å². The number of likely N-dealkylation sites (N-methyl/N-ethyl adjacent to an activating group) is 1. The molecule has 1 unspecified atom stereocenters. The van der Waals surface area contributed by atoms with Crippen LogP contribution in [-0.4, -0.2) is 47.2 Å². The van der Waals surface area contributed by atoms with Crippen molar-refractivity contribution in [3.8, 4) is 0 Å². The predicted octanol–water partition coefficient (Wildman–Crippen LogP) is 1.62. The van der Waals surface area contributed by atoms with Gasteiger partial charge >= 0.3 is 0 Å². The molecule has 4 rings (SSSR count). The van der Waals surface area contributed by atoms with Crippen molar-refractivity contribution in [2.45, 2.75) is 11.8 Å². The van der Waals surface area contributed by atoms with Crippen molar-refractivity contribution in [3.05, 3.63) is 35.5 Å². The number of nitrogens with zero attached hydrogens (tertiary/aromatic N) is 2. The van der Waals surface area contributed by atoms with Gasteiger partial charge in [-0.25, -0.2) is 4.58 Å². The van der Waals surface area contributed by atoms with Crippen LogP contribution in [0.2, 0.25) is 0 Å². The standard InChI is InChI=1S/C16H17N3OS/c1-18-7-8-19-12-5-3-2-4-11(12)14(13(19)10-18)15-16(20)17-6-9-21-15/h2-5,10,15H,6-9H2,1H3/p+1. The van der Waals surface area contributed by atoms with Crippen molar-refractivity contribution < 1.29 is 9.37 Å². The van der Waals surface area contributed by atoms with Gasteiger partial charge in [0.2, 0.25) is 5.91 Å². The summed E-state index contributed by atoms with van der Waals surface area (Å²) in [6.07, 6.45) is 2.18. The molecule has 3 heterocycles. The number of thioether (sulfide) groups is 1. The van der Waals surface area contributed by atoms with Crippen LogP contribution in [0.5, 0.6) is 0 Å².